The van der Waals surface area contributed by atoms with Crippen LogP contribution in [0.3, 0.4) is 0 Å². The van der Waals surface area contributed by atoms with E-state index >= 15 is 0 Å². The van der Waals surface area contributed by atoms with Crippen LogP contribution in [0.4, 0.5) is 0 Å². The van der Waals surface area contributed by atoms with Gasteiger partial charge in [-0.25, -0.2) is 4.79 Å². The third-order valence-corrected chi connectivity index (χ3v) is 5.22. The molecule has 0 saturated heterocycles. The van der Waals surface area contributed by atoms with Crippen LogP contribution in [0.2, 0.25) is 20.1 Å². The Kier molecular flexibility index (Phi) is 7.62. The van der Waals surface area contributed by atoms with Crippen molar-refractivity contribution in [3.63, 3.8) is 0 Å². The Bertz CT molecular complexity index is 1100. The number of ether oxygens (including phenoxy) is 2. The Morgan fingerprint density at radius 2 is 1.47 bits per heavy atom. The molecular formula is C22H14Cl4O4. The van der Waals surface area contributed by atoms with Crippen LogP contribution < -0.4 is 4.74 Å². The van der Waals surface area contributed by atoms with Gasteiger partial charge in [0.15, 0.2) is 6.61 Å². The molecule has 0 N–H and O–H groups in total. The molecule has 3 aromatic carbocycles. The third-order valence-electron chi connectivity index (χ3n) is 4.07. The molecule has 0 fully saturated rings. The summed E-state index contributed by atoms with van der Waals surface area (Å²) < 4.78 is 10.9. The number of carbonyl (C=O) groups is 2. The molecule has 0 spiro atoms. The van der Waals surface area contributed by atoms with Gasteiger partial charge in [-0.05, 0) is 42.5 Å². The summed E-state index contributed by atoms with van der Waals surface area (Å²) in [5, 5.41) is 1.54. The minimum Gasteiger partial charge on any atom is -0.488 e. The van der Waals surface area contributed by atoms with Gasteiger partial charge < -0.3 is 9.47 Å². The number of halogens is 4. The Labute approximate surface area is 193 Å². The Hall–Kier alpha value is -2.24. The van der Waals surface area contributed by atoms with Crippen LogP contribution in [0, 0.1) is 0 Å². The zero-order valence-electron chi connectivity index (χ0n) is 15.3. The summed E-state index contributed by atoms with van der Waals surface area (Å²) in [5.41, 5.74) is 1.06. The van der Waals surface area contributed by atoms with Gasteiger partial charge in [0.1, 0.15) is 17.9 Å². The SMILES string of the molecule is O=C(COC(=O)c1ccccc1OCc1ccc(Cl)cc1Cl)c1cc(Cl)ccc1Cl. The van der Waals surface area contributed by atoms with Gasteiger partial charge in [-0.3, -0.25) is 4.79 Å². The summed E-state index contributed by atoms with van der Waals surface area (Å²) in [6.45, 7) is -0.367. The Balaban J connectivity index is 1.68. The lowest BCUT2D eigenvalue weighted by molar-refractivity contribution is 0.0470. The van der Waals surface area contributed by atoms with Crippen LogP contribution in [-0.4, -0.2) is 18.4 Å². The normalized spacial score (nSPS) is 10.5. The predicted octanol–water partition coefficient (Wildman–Crippen LogP) is 6.92. The lowest BCUT2D eigenvalue weighted by Crippen LogP contribution is -2.15. The van der Waals surface area contributed by atoms with Crippen molar-refractivity contribution in [3.8, 4) is 5.75 Å². The van der Waals surface area contributed by atoms with Crippen molar-refractivity contribution in [3.05, 3.63) is 97.4 Å². The topological polar surface area (TPSA) is 52.6 Å². The van der Waals surface area contributed by atoms with Crippen molar-refractivity contribution in [2.75, 3.05) is 6.61 Å². The van der Waals surface area contributed by atoms with Gasteiger partial charge in [0.05, 0.1) is 5.02 Å². The monoisotopic (exact) mass is 482 g/mol. The third kappa shape index (κ3) is 5.67. The summed E-state index contributed by atoms with van der Waals surface area (Å²) in [6.07, 6.45) is 0. The average Bonchev–Trinajstić information content (AvgIpc) is 2.73. The number of carbonyl (C=O) groups excluding carboxylic acids is 2. The molecule has 8 heteroatoms. The second kappa shape index (κ2) is 10.2. The fourth-order valence-electron chi connectivity index (χ4n) is 2.55. The average molecular weight is 484 g/mol. The zero-order valence-corrected chi connectivity index (χ0v) is 18.4. The highest BCUT2D eigenvalue weighted by Gasteiger charge is 2.18. The molecule has 0 aliphatic carbocycles. The molecule has 0 unspecified atom stereocenters. The maximum atomic E-state index is 12.5. The minimum atomic E-state index is -0.709. The number of Topliss-reactive ketones (excluding diaryl/α,β-unsaturated/α-hetero) is 1. The van der Waals surface area contributed by atoms with E-state index < -0.39 is 18.4 Å². The van der Waals surface area contributed by atoms with Gasteiger partial charge in [0, 0.05) is 26.2 Å². The molecule has 0 radical (unpaired) electrons. The highest BCUT2D eigenvalue weighted by atomic mass is 35.5. The maximum Gasteiger partial charge on any atom is 0.342 e. The van der Waals surface area contributed by atoms with E-state index in [0.29, 0.717) is 26.4 Å². The molecule has 0 atom stereocenters. The van der Waals surface area contributed by atoms with E-state index in [9.17, 15) is 9.59 Å². The molecule has 3 rings (SSSR count). The molecule has 4 nitrogen and oxygen atoms in total. The predicted molar refractivity (Wildman–Crippen MR) is 118 cm³/mol. The van der Waals surface area contributed by atoms with E-state index in [4.69, 9.17) is 55.9 Å². The van der Waals surface area contributed by atoms with Crippen molar-refractivity contribution in [2.45, 2.75) is 6.61 Å². The van der Waals surface area contributed by atoms with E-state index in [1.807, 2.05) is 0 Å². The van der Waals surface area contributed by atoms with Gasteiger partial charge in [0.2, 0.25) is 5.78 Å². The van der Waals surface area contributed by atoms with Gasteiger partial charge in [-0.2, -0.15) is 0 Å². The van der Waals surface area contributed by atoms with Crippen molar-refractivity contribution < 1.29 is 19.1 Å². The van der Waals surface area contributed by atoms with Crippen LogP contribution in [0.5, 0.6) is 5.75 Å². The first-order chi connectivity index (χ1) is 14.3. The molecule has 0 aliphatic rings. The van der Waals surface area contributed by atoms with E-state index in [1.165, 1.54) is 18.2 Å². The summed E-state index contributed by atoms with van der Waals surface area (Å²) in [6, 6.07) is 16.1. The lowest BCUT2D eigenvalue weighted by atomic mass is 10.1. The van der Waals surface area contributed by atoms with Gasteiger partial charge in [-0.15, -0.1) is 0 Å². The molecule has 3 aromatic rings. The molecular weight excluding hydrogens is 470 g/mol. The minimum absolute atomic E-state index is 0.122. The molecule has 0 aromatic heterocycles. The summed E-state index contributed by atoms with van der Waals surface area (Å²) in [4.78, 5) is 24.9. The van der Waals surface area contributed by atoms with E-state index in [1.54, 1.807) is 42.5 Å². The molecule has 0 heterocycles. The maximum absolute atomic E-state index is 12.5. The highest BCUT2D eigenvalue weighted by Crippen LogP contribution is 2.25. The van der Waals surface area contributed by atoms with Crippen molar-refractivity contribution in [1.82, 2.24) is 0 Å². The smallest absolute Gasteiger partial charge is 0.342 e. The van der Waals surface area contributed by atoms with E-state index in [2.05, 4.69) is 0 Å². The Morgan fingerprint density at radius 1 is 0.767 bits per heavy atom. The highest BCUT2D eigenvalue weighted by molar-refractivity contribution is 6.36. The fraction of sp³-hybridized carbons (Fsp3) is 0.0909. The molecule has 30 heavy (non-hydrogen) atoms. The standard InChI is InChI=1S/C22H14Cl4O4/c23-14-7-8-18(25)17(9-14)20(27)12-30-22(28)16-3-1-2-4-21(16)29-11-13-5-6-15(24)10-19(13)26/h1-10H,11-12H2. The van der Waals surface area contributed by atoms with Crippen LogP contribution in [0.1, 0.15) is 26.3 Å². The van der Waals surface area contributed by atoms with E-state index in [0.717, 1.165) is 0 Å². The number of para-hydroxylation sites is 1. The van der Waals surface area contributed by atoms with Gasteiger partial charge >= 0.3 is 5.97 Å². The summed E-state index contributed by atoms with van der Waals surface area (Å²) >= 11 is 24.0. The van der Waals surface area contributed by atoms with Crippen LogP contribution >= 0.6 is 46.4 Å². The van der Waals surface area contributed by atoms with Crippen LogP contribution in [0.15, 0.2) is 60.7 Å². The number of esters is 1. The fourth-order valence-corrected chi connectivity index (χ4v) is 3.41. The lowest BCUT2D eigenvalue weighted by Gasteiger charge is -2.12. The molecule has 154 valence electrons. The van der Waals surface area contributed by atoms with Crippen molar-refractivity contribution >= 4 is 58.2 Å². The largest absolute Gasteiger partial charge is 0.488 e. The second-order valence-corrected chi connectivity index (χ2v) is 7.83. The molecule has 0 bridgehead atoms. The molecule has 0 aliphatic heterocycles. The quantitative estimate of drug-likeness (QED) is 0.270. The zero-order chi connectivity index (χ0) is 21.7. The number of ketones is 1. The summed E-state index contributed by atoms with van der Waals surface area (Å²) in [7, 11) is 0. The molecule has 0 amide bonds. The van der Waals surface area contributed by atoms with Crippen molar-refractivity contribution in [2.24, 2.45) is 0 Å². The first-order valence-corrected chi connectivity index (χ1v) is 10.2. The van der Waals surface area contributed by atoms with Crippen LogP contribution in [0.25, 0.3) is 0 Å². The first kappa shape index (κ1) is 22.4. The van der Waals surface area contributed by atoms with Crippen molar-refractivity contribution in [1.29, 1.82) is 0 Å². The van der Waals surface area contributed by atoms with Gasteiger partial charge in [-0.1, -0.05) is 64.6 Å². The Morgan fingerprint density at radius 3 is 2.23 bits per heavy atom. The second-order valence-electron chi connectivity index (χ2n) is 6.14. The summed E-state index contributed by atoms with van der Waals surface area (Å²) in [5.74, 6) is -0.886. The van der Waals surface area contributed by atoms with Crippen LogP contribution in [-0.2, 0) is 11.3 Å². The first-order valence-electron chi connectivity index (χ1n) is 8.66. The molecule has 0 saturated carbocycles. The number of hydrogen-bond donors (Lipinski definition) is 0. The van der Waals surface area contributed by atoms with Gasteiger partial charge in [0.25, 0.3) is 0 Å². The number of rotatable bonds is 7. The van der Waals surface area contributed by atoms with E-state index in [-0.39, 0.29) is 22.8 Å². The number of benzene rings is 3. The number of hydrogen-bond acceptors (Lipinski definition) is 4.